The molecule has 0 unspecified atom stereocenters. The summed E-state index contributed by atoms with van der Waals surface area (Å²) in [4.78, 5) is 4.68. The van der Waals surface area contributed by atoms with Gasteiger partial charge in [0.2, 0.25) is 0 Å². The van der Waals surface area contributed by atoms with Crippen LogP contribution in [0.5, 0.6) is 0 Å². The number of pyridine rings is 1. The molecule has 0 spiro atoms. The van der Waals surface area contributed by atoms with Crippen molar-refractivity contribution >= 4 is 27.5 Å². The molecule has 4 aromatic rings. The molecule has 0 aliphatic carbocycles. The predicted octanol–water partition coefficient (Wildman–Crippen LogP) is 3.44. The maximum atomic E-state index is 4.68. The fourth-order valence-electron chi connectivity index (χ4n) is 2.31. The summed E-state index contributed by atoms with van der Waals surface area (Å²) >= 11 is 0. The molecule has 4 rings (SSSR count). The largest absolute Gasteiger partial charge is 0.341 e. The van der Waals surface area contributed by atoms with Crippen LogP contribution in [0.3, 0.4) is 0 Å². The Labute approximate surface area is 119 Å². The Kier molecular flexibility index (Phi) is 2.68. The zero-order valence-electron chi connectivity index (χ0n) is 9.41. The Balaban J connectivity index is 0.000001000. The van der Waals surface area contributed by atoms with E-state index in [1.807, 2.05) is 30.3 Å². The molecule has 3 heteroatoms. The third kappa shape index (κ3) is 1.49. The van der Waals surface area contributed by atoms with E-state index in [-0.39, 0.29) is 21.1 Å². The maximum absolute atomic E-state index is 4.68. The van der Waals surface area contributed by atoms with E-state index in [4.69, 9.17) is 0 Å². The predicted molar refractivity (Wildman–Crippen MR) is 69.0 cm³/mol. The summed E-state index contributed by atoms with van der Waals surface area (Å²) in [5.74, 6) is 0. The summed E-state index contributed by atoms with van der Waals surface area (Å²) < 4.78 is 2.12. The number of hydrogen-bond acceptors (Lipinski definition) is 1. The molecular formula is C15H9N2Pt-. The average molecular weight is 412 g/mol. The quantitative estimate of drug-likeness (QED) is 0.405. The van der Waals surface area contributed by atoms with Gasteiger partial charge >= 0.3 is 0 Å². The Bertz CT molecular complexity index is 849. The van der Waals surface area contributed by atoms with Crippen molar-refractivity contribution in [1.29, 1.82) is 0 Å². The minimum Gasteiger partial charge on any atom is -0.341 e. The topological polar surface area (TPSA) is 17.3 Å². The molecule has 0 fully saturated rings. The molecule has 0 amide bonds. The van der Waals surface area contributed by atoms with Gasteiger partial charge in [-0.3, -0.25) is 4.98 Å². The number of benzene rings is 2. The van der Waals surface area contributed by atoms with Gasteiger partial charge in [-0.1, -0.05) is 18.2 Å². The number of rotatable bonds is 0. The minimum atomic E-state index is 0. The first-order valence-corrected chi connectivity index (χ1v) is 5.60. The number of para-hydroxylation sites is 2. The van der Waals surface area contributed by atoms with E-state index < -0.39 is 0 Å². The number of nitrogens with zero attached hydrogens (tertiary/aromatic N) is 2. The zero-order chi connectivity index (χ0) is 11.2. The SMILES string of the molecule is [Pt].[c-]1cccc2ccn3c4ccccc4nc3c12. The first-order chi connectivity index (χ1) is 8.43. The molecule has 2 aromatic carbocycles. The standard InChI is InChI=1S/C15H9N2.Pt/c1-2-6-12-11(5-1)9-10-17-14-8-4-3-7-13(14)16-15(12)17;/h1-5,7-10H;/q-1;. The van der Waals surface area contributed by atoms with E-state index in [2.05, 4.69) is 39.8 Å². The van der Waals surface area contributed by atoms with Crippen molar-refractivity contribution in [2.45, 2.75) is 0 Å². The summed E-state index contributed by atoms with van der Waals surface area (Å²) in [6.07, 6.45) is 2.07. The number of hydrogen-bond donors (Lipinski definition) is 0. The van der Waals surface area contributed by atoms with Crippen molar-refractivity contribution in [1.82, 2.24) is 9.38 Å². The fraction of sp³-hybridized carbons (Fsp3) is 0. The van der Waals surface area contributed by atoms with Crippen molar-refractivity contribution < 1.29 is 21.1 Å². The smallest absolute Gasteiger partial charge is 0.0774 e. The molecule has 0 aliphatic rings. The summed E-state index contributed by atoms with van der Waals surface area (Å²) in [6, 6.07) is 19.6. The van der Waals surface area contributed by atoms with Gasteiger partial charge in [-0.05, 0) is 18.3 Å². The van der Waals surface area contributed by atoms with Crippen LogP contribution < -0.4 is 0 Å². The molecule has 90 valence electrons. The Morgan fingerprint density at radius 2 is 1.89 bits per heavy atom. The number of aromatic nitrogens is 2. The third-order valence-corrected chi connectivity index (χ3v) is 3.11. The molecule has 2 heterocycles. The molecule has 0 atom stereocenters. The van der Waals surface area contributed by atoms with E-state index in [1.165, 1.54) is 5.39 Å². The number of imidazole rings is 1. The van der Waals surface area contributed by atoms with Gasteiger partial charge in [0.15, 0.2) is 0 Å². The van der Waals surface area contributed by atoms with Crippen LogP contribution in [0.25, 0.3) is 27.5 Å². The van der Waals surface area contributed by atoms with Crippen LogP contribution in [-0.2, 0) is 21.1 Å². The molecule has 2 nitrogen and oxygen atoms in total. The van der Waals surface area contributed by atoms with Crippen LogP contribution in [0.15, 0.2) is 54.7 Å². The van der Waals surface area contributed by atoms with Crippen molar-refractivity contribution in [3.8, 4) is 0 Å². The third-order valence-electron chi connectivity index (χ3n) is 3.11. The molecule has 0 radical (unpaired) electrons. The van der Waals surface area contributed by atoms with Gasteiger partial charge in [0.1, 0.15) is 0 Å². The van der Waals surface area contributed by atoms with Crippen LogP contribution in [0.1, 0.15) is 0 Å². The van der Waals surface area contributed by atoms with Gasteiger partial charge in [-0.15, -0.1) is 35.0 Å². The summed E-state index contributed by atoms with van der Waals surface area (Å²) in [5, 5.41) is 2.25. The molecule has 0 bridgehead atoms. The molecule has 0 saturated heterocycles. The molecule has 0 aliphatic heterocycles. The molecule has 0 N–H and O–H groups in total. The summed E-state index contributed by atoms with van der Waals surface area (Å²) in [6.45, 7) is 0. The summed E-state index contributed by atoms with van der Waals surface area (Å²) in [5.41, 5.74) is 3.14. The van der Waals surface area contributed by atoms with Gasteiger partial charge in [0.25, 0.3) is 0 Å². The second-order valence-corrected chi connectivity index (χ2v) is 4.11. The van der Waals surface area contributed by atoms with Gasteiger partial charge < -0.3 is 4.40 Å². The van der Waals surface area contributed by atoms with Gasteiger partial charge in [0, 0.05) is 21.1 Å². The van der Waals surface area contributed by atoms with E-state index in [9.17, 15) is 0 Å². The molecule has 18 heavy (non-hydrogen) atoms. The van der Waals surface area contributed by atoms with E-state index in [0.717, 1.165) is 22.1 Å². The van der Waals surface area contributed by atoms with E-state index in [1.54, 1.807) is 0 Å². The zero-order valence-corrected chi connectivity index (χ0v) is 11.7. The minimum absolute atomic E-state index is 0. The monoisotopic (exact) mass is 412 g/mol. The van der Waals surface area contributed by atoms with Crippen LogP contribution in [0, 0.1) is 6.07 Å². The van der Waals surface area contributed by atoms with Crippen molar-refractivity contribution in [3.63, 3.8) is 0 Å². The van der Waals surface area contributed by atoms with Crippen LogP contribution in [-0.4, -0.2) is 9.38 Å². The van der Waals surface area contributed by atoms with Crippen molar-refractivity contribution in [2.24, 2.45) is 0 Å². The first kappa shape index (κ1) is 11.4. The Hall–Kier alpha value is -1.66. The van der Waals surface area contributed by atoms with E-state index >= 15 is 0 Å². The second kappa shape index (κ2) is 4.22. The average Bonchev–Trinajstić information content (AvgIpc) is 2.78. The fourth-order valence-corrected chi connectivity index (χ4v) is 2.31. The maximum Gasteiger partial charge on any atom is 0.0774 e. The van der Waals surface area contributed by atoms with Gasteiger partial charge in [0.05, 0.1) is 16.7 Å². The van der Waals surface area contributed by atoms with E-state index in [0.29, 0.717) is 0 Å². The molecular weight excluding hydrogens is 403 g/mol. The first-order valence-electron chi connectivity index (χ1n) is 5.60. The second-order valence-electron chi connectivity index (χ2n) is 4.11. The Morgan fingerprint density at radius 1 is 1.00 bits per heavy atom. The normalized spacial score (nSPS) is 10.9. The van der Waals surface area contributed by atoms with Crippen LogP contribution >= 0.6 is 0 Å². The van der Waals surface area contributed by atoms with Gasteiger partial charge in [-0.2, -0.15) is 0 Å². The summed E-state index contributed by atoms with van der Waals surface area (Å²) in [7, 11) is 0. The Morgan fingerprint density at radius 3 is 2.83 bits per heavy atom. The van der Waals surface area contributed by atoms with Crippen LogP contribution in [0.4, 0.5) is 0 Å². The molecule has 0 saturated carbocycles. The van der Waals surface area contributed by atoms with Gasteiger partial charge in [-0.25, -0.2) is 0 Å². The number of fused-ring (bicyclic) bond motifs is 5. The van der Waals surface area contributed by atoms with Crippen molar-refractivity contribution in [3.05, 3.63) is 60.8 Å². The molecule has 2 aromatic heterocycles. The van der Waals surface area contributed by atoms with Crippen molar-refractivity contribution in [2.75, 3.05) is 0 Å². The van der Waals surface area contributed by atoms with Crippen LogP contribution in [0.2, 0.25) is 0 Å².